The molecule has 0 amide bonds. The van der Waals surface area contributed by atoms with Gasteiger partial charge >= 0.3 is 115 Å². The van der Waals surface area contributed by atoms with Crippen molar-refractivity contribution >= 4 is 63.2 Å². The maximum atomic E-state index is 2.12. The van der Waals surface area contributed by atoms with E-state index in [1.807, 2.05) is 13.8 Å². The fraction of sp³-hybridized carbons (Fsp3) is 1.00. The summed E-state index contributed by atoms with van der Waals surface area (Å²) in [6, 6.07) is 0. The van der Waals surface area contributed by atoms with Gasteiger partial charge in [0.05, 0.1) is 0 Å². The monoisotopic (exact) mass is 258 g/mol. The Bertz CT molecular complexity index is 19.4. The zero-order chi connectivity index (χ0) is 6.71. The standard InChI is InChI=1S/C3H8.C2H6.3CH4.3K.H2O.H/c1-3-2;1-2;;;;;;;;/h3H2,1-2H3;1-2H3;3*1H4;;;;1H2;/q;;;;;;;+1;;-1. The Morgan fingerprint density at radius 1 is 0.917 bits per heavy atom. The Balaban J connectivity index is -0.00000000218. The topological polar surface area (TPSA) is 31.5 Å². The Kier molecular flexibility index (Phi) is 458. The summed E-state index contributed by atoms with van der Waals surface area (Å²) in [6.07, 6.45) is 1.25. The molecule has 12 heavy (non-hydrogen) atoms. The second kappa shape index (κ2) is 102. The zero-order valence-electron chi connectivity index (χ0n) is 9.21. The van der Waals surface area contributed by atoms with Crippen molar-refractivity contribution in [3.05, 3.63) is 0 Å². The van der Waals surface area contributed by atoms with E-state index in [2.05, 4.69) is 13.8 Å². The summed E-state index contributed by atoms with van der Waals surface area (Å²) in [4.78, 5) is 0. The van der Waals surface area contributed by atoms with Gasteiger partial charge in [0.25, 0.3) is 0 Å². The van der Waals surface area contributed by atoms with Gasteiger partial charge in [-0.25, -0.2) is 0 Å². The molecular formula is C8H29K3O. The summed E-state index contributed by atoms with van der Waals surface area (Å²) in [5.74, 6) is 0. The van der Waals surface area contributed by atoms with E-state index in [9.17, 15) is 0 Å². The molecular weight excluding hydrogens is 229 g/mol. The first kappa shape index (κ1) is 54.0. The molecule has 0 aromatic carbocycles. The van der Waals surface area contributed by atoms with Crippen LogP contribution in [0.25, 0.3) is 0 Å². The first-order chi connectivity index (χ1) is 3.41. The molecule has 70 valence electrons. The number of rotatable bonds is 0. The average Bonchev–Trinajstić information content (AvgIpc) is 1.78. The van der Waals surface area contributed by atoms with Gasteiger partial charge in [0.2, 0.25) is 0 Å². The first-order valence-electron chi connectivity index (χ1n) is 3.41. The summed E-state index contributed by atoms with van der Waals surface area (Å²) >= 11 is 2.50. The van der Waals surface area contributed by atoms with Crippen molar-refractivity contribution in [3.63, 3.8) is 0 Å². The van der Waals surface area contributed by atoms with Gasteiger partial charge in [0.1, 0.15) is 0 Å². The number of hydrogen-bond acceptors (Lipinski definition) is 0. The second-order valence-corrected chi connectivity index (χ2v) is 0.707. The van der Waals surface area contributed by atoms with E-state index in [4.69, 9.17) is 0 Å². The molecule has 0 fully saturated rings. The zero-order valence-corrected chi connectivity index (χ0v) is 17.6. The Morgan fingerprint density at radius 2 is 0.917 bits per heavy atom. The minimum atomic E-state index is 0. The fourth-order valence-corrected chi connectivity index (χ4v) is 0. The molecule has 0 aromatic rings. The summed E-state index contributed by atoms with van der Waals surface area (Å²) < 4.78 is 0. The third kappa shape index (κ3) is 121. The molecule has 0 saturated heterocycles. The van der Waals surface area contributed by atoms with Crippen LogP contribution in [-0.2, 0) is 0 Å². The van der Waals surface area contributed by atoms with Crippen molar-refractivity contribution in [1.29, 1.82) is 0 Å². The average molecular weight is 259 g/mol. The summed E-state index contributed by atoms with van der Waals surface area (Å²) in [6.45, 7) is 8.25. The summed E-state index contributed by atoms with van der Waals surface area (Å²) in [5.41, 5.74) is 0. The van der Waals surface area contributed by atoms with Gasteiger partial charge in [-0.3, -0.25) is 0 Å². The van der Waals surface area contributed by atoms with Crippen LogP contribution in [0.2, 0.25) is 0 Å². The first-order valence-corrected chi connectivity index (χ1v) is 19.4. The molecule has 0 aromatic heterocycles. The molecule has 4 heteroatoms. The van der Waals surface area contributed by atoms with E-state index in [-0.39, 0.29) is 80.6 Å². The molecule has 0 aliphatic carbocycles. The van der Waals surface area contributed by atoms with Crippen molar-refractivity contribution in [2.24, 2.45) is 0 Å². The van der Waals surface area contributed by atoms with Crippen molar-refractivity contribution in [2.75, 3.05) is 0 Å². The SMILES string of the molecule is C.C.C.CC.CCC.O.[H-].[K+].[K][K]. The van der Waals surface area contributed by atoms with Gasteiger partial charge < -0.3 is 6.90 Å². The van der Waals surface area contributed by atoms with Crippen molar-refractivity contribution in [3.8, 4) is 0 Å². The van der Waals surface area contributed by atoms with E-state index in [1.54, 1.807) is 0 Å². The Morgan fingerprint density at radius 3 is 0.917 bits per heavy atom. The van der Waals surface area contributed by atoms with Crippen LogP contribution in [-0.4, -0.2) is 68.6 Å². The third-order valence-corrected chi connectivity index (χ3v) is 0. The van der Waals surface area contributed by atoms with E-state index >= 15 is 0 Å². The van der Waals surface area contributed by atoms with Crippen LogP contribution in [0.4, 0.5) is 0 Å². The number of hydrogen-bond donors (Lipinski definition) is 0. The van der Waals surface area contributed by atoms with Crippen molar-refractivity contribution in [2.45, 2.75) is 56.4 Å². The van der Waals surface area contributed by atoms with Gasteiger partial charge in [0.15, 0.2) is 0 Å². The molecule has 0 aliphatic heterocycles. The van der Waals surface area contributed by atoms with Gasteiger partial charge in [0, 0.05) is 0 Å². The van der Waals surface area contributed by atoms with Gasteiger partial charge in [-0.15, -0.1) is 0 Å². The van der Waals surface area contributed by atoms with Gasteiger partial charge in [-0.1, -0.05) is 56.4 Å². The van der Waals surface area contributed by atoms with Crippen LogP contribution in [0, 0.1) is 0 Å². The molecule has 0 radical (unpaired) electrons. The van der Waals surface area contributed by atoms with E-state index < -0.39 is 0 Å². The van der Waals surface area contributed by atoms with Crippen LogP contribution >= 0.6 is 0 Å². The van der Waals surface area contributed by atoms with Gasteiger partial charge in [-0.05, 0) is 0 Å². The second-order valence-electron chi connectivity index (χ2n) is 0.707. The van der Waals surface area contributed by atoms with Gasteiger partial charge in [-0.2, -0.15) is 0 Å². The van der Waals surface area contributed by atoms with Crippen LogP contribution in [0.3, 0.4) is 0 Å². The van der Waals surface area contributed by atoms with Crippen LogP contribution < -0.4 is 51.4 Å². The molecule has 0 unspecified atom stereocenters. The van der Waals surface area contributed by atoms with Crippen LogP contribution in [0.15, 0.2) is 0 Å². The molecule has 0 atom stereocenters. The quantitative estimate of drug-likeness (QED) is 0.543. The van der Waals surface area contributed by atoms with E-state index in [0.717, 1.165) is 0 Å². The normalized spacial score (nSPS) is 2.67. The molecule has 0 spiro atoms. The van der Waals surface area contributed by atoms with Crippen LogP contribution in [0.1, 0.15) is 57.8 Å². The molecule has 0 saturated carbocycles. The maximum absolute atomic E-state index is 2.12. The predicted octanol–water partition coefficient (Wildman–Crippen LogP) is -0.119. The minimum absolute atomic E-state index is 0. The Hall–Kier alpha value is 4.87. The molecule has 0 rings (SSSR count). The predicted molar refractivity (Wildman–Crippen MR) is 63.7 cm³/mol. The summed E-state index contributed by atoms with van der Waals surface area (Å²) in [7, 11) is 0. The van der Waals surface area contributed by atoms with Crippen molar-refractivity contribution in [1.82, 2.24) is 0 Å². The molecule has 1 nitrogen and oxygen atoms in total. The molecule has 0 aliphatic rings. The third-order valence-electron chi connectivity index (χ3n) is 0. The summed E-state index contributed by atoms with van der Waals surface area (Å²) in [5, 5.41) is 0. The molecule has 0 heterocycles. The molecule has 2 N–H and O–H groups in total. The van der Waals surface area contributed by atoms with E-state index in [1.165, 1.54) is 69.6 Å². The molecule has 0 bridgehead atoms. The van der Waals surface area contributed by atoms with E-state index in [0.29, 0.717) is 0 Å². The van der Waals surface area contributed by atoms with Crippen molar-refractivity contribution < 1.29 is 58.3 Å². The fourth-order valence-electron chi connectivity index (χ4n) is 0. The van der Waals surface area contributed by atoms with Crippen LogP contribution in [0.5, 0.6) is 0 Å². The Labute approximate surface area is 171 Å².